The Balaban J connectivity index is 2.89. The monoisotopic (exact) mass is 189 g/mol. The molecule has 2 N–H and O–H groups in total. The largest absolute Gasteiger partial charge is 0.349 e. The number of hydrogen-bond acceptors (Lipinski definition) is 3. The van der Waals surface area contributed by atoms with Gasteiger partial charge in [0.1, 0.15) is 5.82 Å². The van der Waals surface area contributed by atoms with Gasteiger partial charge in [-0.1, -0.05) is 5.92 Å². The third-order valence-electron chi connectivity index (χ3n) is 2.01. The molecule has 0 unspecified atom stereocenters. The van der Waals surface area contributed by atoms with Crippen LogP contribution in [0.2, 0.25) is 0 Å². The van der Waals surface area contributed by atoms with Crippen molar-refractivity contribution in [3.8, 4) is 12.3 Å². The summed E-state index contributed by atoms with van der Waals surface area (Å²) >= 11 is 0. The van der Waals surface area contributed by atoms with Crippen molar-refractivity contribution in [2.45, 2.75) is 13.0 Å². The number of terminal acetylenes is 1. The summed E-state index contributed by atoms with van der Waals surface area (Å²) in [7, 11) is 1.91. The summed E-state index contributed by atoms with van der Waals surface area (Å²) < 4.78 is 0. The number of pyridine rings is 1. The molecule has 0 spiro atoms. The molecule has 0 aromatic carbocycles. The minimum atomic E-state index is 0.0241. The summed E-state index contributed by atoms with van der Waals surface area (Å²) in [6, 6.07) is 3.90. The molecular weight excluding hydrogens is 174 g/mol. The van der Waals surface area contributed by atoms with E-state index in [1.54, 1.807) is 6.20 Å². The van der Waals surface area contributed by atoms with Crippen LogP contribution in [-0.4, -0.2) is 18.6 Å². The lowest BCUT2D eigenvalue weighted by molar-refractivity contribution is 0.813. The molecule has 1 aromatic heterocycles. The molecule has 1 heterocycles. The molecule has 1 aromatic rings. The molecule has 3 nitrogen and oxygen atoms in total. The zero-order valence-electron chi connectivity index (χ0n) is 8.57. The van der Waals surface area contributed by atoms with Crippen LogP contribution in [0, 0.1) is 12.3 Å². The van der Waals surface area contributed by atoms with Crippen LogP contribution >= 0.6 is 0 Å². The summed E-state index contributed by atoms with van der Waals surface area (Å²) in [5.74, 6) is 3.43. The Labute approximate surface area is 84.9 Å². The van der Waals surface area contributed by atoms with Crippen molar-refractivity contribution in [3.63, 3.8) is 0 Å². The first-order valence-corrected chi connectivity index (χ1v) is 4.51. The van der Waals surface area contributed by atoms with Crippen molar-refractivity contribution in [1.29, 1.82) is 0 Å². The Morgan fingerprint density at radius 2 is 2.43 bits per heavy atom. The number of anilines is 1. The van der Waals surface area contributed by atoms with Gasteiger partial charge in [0.25, 0.3) is 0 Å². The Morgan fingerprint density at radius 3 is 3.00 bits per heavy atom. The molecule has 0 bridgehead atoms. The first kappa shape index (κ1) is 10.6. The standard InChI is InChI=1S/C11H15N3/c1-4-7-14(3)11-8-10(9(2)12)5-6-13-11/h1,5-6,8-9H,7,12H2,2-3H3/t9-/m1/s1. The van der Waals surface area contributed by atoms with Gasteiger partial charge in [0, 0.05) is 19.3 Å². The molecule has 0 amide bonds. The SMILES string of the molecule is C#CCN(C)c1cc([C@@H](C)N)ccn1. The second-order valence-electron chi connectivity index (χ2n) is 3.30. The summed E-state index contributed by atoms with van der Waals surface area (Å²) in [6.45, 7) is 2.50. The van der Waals surface area contributed by atoms with Gasteiger partial charge in [0.2, 0.25) is 0 Å². The van der Waals surface area contributed by atoms with Crippen LogP contribution in [0.5, 0.6) is 0 Å². The predicted octanol–water partition coefficient (Wildman–Crippen LogP) is 1.17. The summed E-state index contributed by atoms with van der Waals surface area (Å²) in [5, 5.41) is 0. The predicted molar refractivity (Wildman–Crippen MR) is 58.9 cm³/mol. The van der Waals surface area contributed by atoms with Gasteiger partial charge in [0.15, 0.2) is 0 Å². The first-order chi connectivity index (χ1) is 6.65. The summed E-state index contributed by atoms with van der Waals surface area (Å²) in [6.07, 6.45) is 6.97. The van der Waals surface area contributed by atoms with Crippen LogP contribution in [0.4, 0.5) is 5.82 Å². The van der Waals surface area contributed by atoms with Gasteiger partial charge < -0.3 is 10.6 Å². The zero-order valence-corrected chi connectivity index (χ0v) is 8.57. The molecule has 1 rings (SSSR count). The lowest BCUT2D eigenvalue weighted by Crippen LogP contribution is -2.19. The maximum absolute atomic E-state index is 5.77. The Kier molecular flexibility index (Phi) is 3.49. The Morgan fingerprint density at radius 1 is 1.71 bits per heavy atom. The number of nitrogens with two attached hydrogens (primary N) is 1. The summed E-state index contributed by atoms with van der Waals surface area (Å²) in [5.41, 5.74) is 6.84. The van der Waals surface area contributed by atoms with E-state index in [1.807, 2.05) is 31.0 Å². The van der Waals surface area contributed by atoms with E-state index in [-0.39, 0.29) is 6.04 Å². The maximum Gasteiger partial charge on any atom is 0.129 e. The quantitative estimate of drug-likeness (QED) is 0.726. The smallest absolute Gasteiger partial charge is 0.129 e. The van der Waals surface area contributed by atoms with E-state index in [4.69, 9.17) is 12.2 Å². The third-order valence-corrected chi connectivity index (χ3v) is 2.01. The van der Waals surface area contributed by atoms with Crippen molar-refractivity contribution < 1.29 is 0 Å². The minimum Gasteiger partial charge on any atom is -0.349 e. The zero-order chi connectivity index (χ0) is 10.6. The van der Waals surface area contributed by atoms with Crippen LogP contribution in [0.1, 0.15) is 18.5 Å². The van der Waals surface area contributed by atoms with Crippen LogP contribution in [0.3, 0.4) is 0 Å². The fourth-order valence-electron chi connectivity index (χ4n) is 1.14. The highest BCUT2D eigenvalue weighted by atomic mass is 15.1. The van der Waals surface area contributed by atoms with E-state index in [1.165, 1.54) is 0 Å². The van der Waals surface area contributed by atoms with E-state index in [9.17, 15) is 0 Å². The van der Waals surface area contributed by atoms with Crippen molar-refractivity contribution in [1.82, 2.24) is 4.98 Å². The molecule has 0 fully saturated rings. The fourth-order valence-corrected chi connectivity index (χ4v) is 1.14. The van der Waals surface area contributed by atoms with E-state index < -0.39 is 0 Å². The first-order valence-electron chi connectivity index (χ1n) is 4.51. The number of rotatable bonds is 3. The van der Waals surface area contributed by atoms with E-state index >= 15 is 0 Å². The Hall–Kier alpha value is -1.53. The molecule has 3 heteroatoms. The summed E-state index contributed by atoms with van der Waals surface area (Å²) in [4.78, 5) is 6.12. The Bertz CT molecular complexity index is 339. The lowest BCUT2D eigenvalue weighted by Gasteiger charge is -2.16. The van der Waals surface area contributed by atoms with Crippen LogP contribution < -0.4 is 10.6 Å². The lowest BCUT2D eigenvalue weighted by atomic mass is 10.1. The van der Waals surface area contributed by atoms with E-state index in [0.29, 0.717) is 6.54 Å². The molecular formula is C11H15N3. The fraction of sp³-hybridized carbons (Fsp3) is 0.364. The van der Waals surface area contributed by atoms with Gasteiger partial charge in [-0.05, 0) is 24.6 Å². The van der Waals surface area contributed by atoms with Gasteiger partial charge in [0.05, 0.1) is 6.54 Å². The van der Waals surface area contributed by atoms with Crippen molar-refractivity contribution >= 4 is 5.82 Å². The molecule has 0 saturated heterocycles. The van der Waals surface area contributed by atoms with Crippen molar-refractivity contribution in [2.75, 3.05) is 18.5 Å². The van der Waals surface area contributed by atoms with Crippen LogP contribution in [-0.2, 0) is 0 Å². The topological polar surface area (TPSA) is 42.1 Å². The van der Waals surface area contributed by atoms with Gasteiger partial charge in [-0.2, -0.15) is 0 Å². The second-order valence-corrected chi connectivity index (χ2v) is 3.30. The average Bonchev–Trinajstić information content (AvgIpc) is 2.18. The van der Waals surface area contributed by atoms with Gasteiger partial charge >= 0.3 is 0 Å². The number of aromatic nitrogens is 1. The number of hydrogen-bond donors (Lipinski definition) is 1. The highest BCUT2D eigenvalue weighted by Crippen LogP contribution is 2.15. The van der Waals surface area contributed by atoms with Crippen molar-refractivity contribution in [2.24, 2.45) is 5.73 Å². The molecule has 1 atom stereocenters. The third kappa shape index (κ3) is 2.48. The average molecular weight is 189 g/mol. The molecule has 0 saturated carbocycles. The molecule has 0 radical (unpaired) electrons. The molecule has 0 aliphatic rings. The van der Waals surface area contributed by atoms with Gasteiger partial charge in [-0.3, -0.25) is 0 Å². The van der Waals surface area contributed by atoms with Crippen LogP contribution in [0.15, 0.2) is 18.3 Å². The second kappa shape index (κ2) is 4.64. The molecule has 0 aliphatic carbocycles. The van der Waals surface area contributed by atoms with Crippen LogP contribution in [0.25, 0.3) is 0 Å². The van der Waals surface area contributed by atoms with E-state index in [0.717, 1.165) is 11.4 Å². The highest BCUT2D eigenvalue weighted by molar-refractivity contribution is 5.41. The van der Waals surface area contributed by atoms with Gasteiger partial charge in [-0.25, -0.2) is 4.98 Å². The van der Waals surface area contributed by atoms with Gasteiger partial charge in [-0.15, -0.1) is 6.42 Å². The molecule has 14 heavy (non-hydrogen) atoms. The normalized spacial score (nSPS) is 11.9. The molecule has 0 aliphatic heterocycles. The minimum absolute atomic E-state index is 0.0241. The molecule has 74 valence electrons. The maximum atomic E-state index is 5.77. The van der Waals surface area contributed by atoms with Crippen molar-refractivity contribution in [3.05, 3.63) is 23.9 Å². The highest BCUT2D eigenvalue weighted by Gasteiger charge is 2.04. The van der Waals surface area contributed by atoms with E-state index in [2.05, 4.69) is 10.9 Å². The number of nitrogens with zero attached hydrogens (tertiary/aromatic N) is 2.